The van der Waals surface area contributed by atoms with E-state index >= 15 is 0 Å². The molecule has 0 radical (unpaired) electrons. The van der Waals surface area contributed by atoms with Gasteiger partial charge in [-0.15, -0.1) is 0 Å². The molecule has 0 unspecified atom stereocenters. The van der Waals surface area contributed by atoms with E-state index in [9.17, 15) is 9.90 Å². The van der Waals surface area contributed by atoms with Crippen LogP contribution in [0, 0.1) is 6.92 Å². The number of hydrogen-bond acceptors (Lipinski definition) is 3. The van der Waals surface area contributed by atoms with Crippen LogP contribution in [0.4, 0.5) is 0 Å². The summed E-state index contributed by atoms with van der Waals surface area (Å²) >= 11 is 0. The third-order valence-electron chi connectivity index (χ3n) is 3.66. The molecule has 0 atom stereocenters. The molecule has 3 aromatic rings. The summed E-state index contributed by atoms with van der Waals surface area (Å²) in [4.78, 5) is 18.6. The third kappa shape index (κ3) is 2.15. The SMILES string of the molecule is CCOCc1cccc2[nH]c3cnc(C(=O)O)c(C)c3c12. The lowest BCUT2D eigenvalue weighted by Gasteiger charge is -2.06. The quantitative estimate of drug-likeness (QED) is 0.771. The Bertz CT molecular complexity index is 836. The number of ether oxygens (including phenoxy) is 1. The number of H-pyrrole nitrogens is 1. The van der Waals surface area contributed by atoms with Crippen molar-refractivity contribution in [3.63, 3.8) is 0 Å². The zero-order chi connectivity index (χ0) is 15.0. The second-order valence-electron chi connectivity index (χ2n) is 4.93. The van der Waals surface area contributed by atoms with Crippen LogP contribution in [0.25, 0.3) is 21.8 Å². The fourth-order valence-corrected chi connectivity index (χ4v) is 2.72. The number of aryl methyl sites for hydroxylation is 1. The molecule has 2 heterocycles. The van der Waals surface area contributed by atoms with Crippen LogP contribution in [0.1, 0.15) is 28.5 Å². The highest BCUT2D eigenvalue weighted by Crippen LogP contribution is 2.31. The van der Waals surface area contributed by atoms with Gasteiger partial charge in [0.05, 0.1) is 18.3 Å². The number of pyridine rings is 1. The first-order valence-electron chi connectivity index (χ1n) is 6.83. The summed E-state index contributed by atoms with van der Waals surface area (Å²) in [6.07, 6.45) is 1.58. The van der Waals surface area contributed by atoms with E-state index in [1.54, 1.807) is 13.1 Å². The number of carboxylic acid groups (broad SMARTS) is 1. The Morgan fingerprint density at radius 1 is 1.33 bits per heavy atom. The molecule has 0 fully saturated rings. The number of benzene rings is 1. The van der Waals surface area contributed by atoms with Gasteiger partial charge in [-0.1, -0.05) is 12.1 Å². The standard InChI is InChI=1S/C16H16N2O3/c1-3-21-8-10-5-4-6-11-14(10)13-9(2)15(16(19)20)17-7-12(13)18-11/h4-7,18H,3,8H2,1-2H3,(H,19,20). The molecule has 0 aliphatic heterocycles. The minimum absolute atomic E-state index is 0.0922. The van der Waals surface area contributed by atoms with Gasteiger partial charge in [0.25, 0.3) is 0 Å². The average molecular weight is 284 g/mol. The maximum atomic E-state index is 11.3. The van der Waals surface area contributed by atoms with Crippen LogP contribution in [0.3, 0.4) is 0 Å². The van der Waals surface area contributed by atoms with Crippen molar-refractivity contribution in [1.82, 2.24) is 9.97 Å². The Kier molecular flexibility index (Phi) is 3.35. The molecule has 1 aromatic carbocycles. The van der Waals surface area contributed by atoms with E-state index < -0.39 is 5.97 Å². The molecule has 0 bridgehead atoms. The van der Waals surface area contributed by atoms with Gasteiger partial charge >= 0.3 is 5.97 Å². The van der Waals surface area contributed by atoms with E-state index in [1.165, 1.54) is 0 Å². The minimum Gasteiger partial charge on any atom is -0.477 e. The van der Waals surface area contributed by atoms with Gasteiger partial charge in [-0.25, -0.2) is 9.78 Å². The van der Waals surface area contributed by atoms with Crippen molar-refractivity contribution in [1.29, 1.82) is 0 Å². The van der Waals surface area contributed by atoms with Crippen molar-refractivity contribution in [2.75, 3.05) is 6.61 Å². The van der Waals surface area contributed by atoms with Crippen LogP contribution in [0.5, 0.6) is 0 Å². The monoisotopic (exact) mass is 284 g/mol. The molecule has 0 saturated heterocycles. The van der Waals surface area contributed by atoms with Crippen molar-refractivity contribution >= 4 is 27.8 Å². The van der Waals surface area contributed by atoms with Crippen LogP contribution < -0.4 is 0 Å². The largest absolute Gasteiger partial charge is 0.477 e. The lowest BCUT2D eigenvalue weighted by Crippen LogP contribution is -2.03. The van der Waals surface area contributed by atoms with Gasteiger partial charge in [0.15, 0.2) is 5.69 Å². The number of aromatic carboxylic acids is 1. The number of fused-ring (bicyclic) bond motifs is 3. The van der Waals surface area contributed by atoms with E-state index in [4.69, 9.17) is 4.74 Å². The lowest BCUT2D eigenvalue weighted by molar-refractivity contribution is 0.0690. The molecule has 0 aliphatic carbocycles. The fourth-order valence-electron chi connectivity index (χ4n) is 2.72. The zero-order valence-corrected chi connectivity index (χ0v) is 11.9. The summed E-state index contributed by atoms with van der Waals surface area (Å²) in [5.74, 6) is -1.01. The number of hydrogen-bond donors (Lipinski definition) is 2. The second kappa shape index (κ2) is 5.18. The van der Waals surface area contributed by atoms with Gasteiger partial charge in [0.1, 0.15) is 0 Å². The number of carbonyl (C=O) groups is 1. The Hall–Kier alpha value is -2.40. The zero-order valence-electron chi connectivity index (χ0n) is 11.9. The van der Waals surface area contributed by atoms with Crippen LogP contribution in [0.2, 0.25) is 0 Å². The Balaban J connectivity index is 2.36. The maximum Gasteiger partial charge on any atom is 0.354 e. The van der Waals surface area contributed by atoms with E-state index in [-0.39, 0.29) is 5.69 Å². The summed E-state index contributed by atoms with van der Waals surface area (Å²) in [5, 5.41) is 11.2. The molecule has 2 aromatic heterocycles. The van der Waals surface area contributed by atoms with Crippen LogP contribution in [0.15, 0.2) is 24.4 Å². The smallest absolute Gasteiger partial charge is 0.354 e. The van der Waals surface area contributed by atoms with Gasteiger partial charge in [0, 0.05) is 22.9 Å². The number of carboxylic acids is 1. The maximum absolute atomic E-state index is 11.3. The molecule has 0 amide bonds. The summed E-state index contributed by atoms with van der Waals surface area (Å²) < 4.78 is 5.52. The predicted octanol–water partition coefficient (Wildman–Crippen LogP) is 3.26. The van der Waals surface area contributed by atoms with Gasteiger partial charge in [-0.3, -0.25) is 0 Å². The van der Waals surface area contributed by atoms with Crippen molar-refractivity contribution in [2.45, 2.75) is 20.5 Å². The topological polar surface area (TPSA) is 75.2 Å². The molecule has 5 heteroatoms. The fraction of sp³-hybridized carbons (Fsp3) is 0.250. The Labute approximate surface area is 121 Å². The summed E-state index contributed by atoms with van der Waals surface area (Å²) in [7, 11) is 0. The third-order valence-corrected chi connectivity index (χ3v) is 3.66. The molecule has 0 saturated carbocycles. The number of nitrogens with one attached hydrogen (secondary N) is 1. The highest BCUT2D eigenvalue weighted by molar-refractivity contribution is 6.12. The van der Waals surface area contributed by atoms with Crippen molar-refractivity contribution in [2.24, 2.45) is 0 Å². The summed E-state index contributed by atoms with van der Waals surface area (Å²) in [6, 6.07) is 5.95. The van der Waals surface area contributed by atoms with Gasteiger partial charge in [-0.2, -0.15) is 0 Å². The van der Waals surface area contributed by atoms with E-state index in [0.717, 1.165) is 27.4 Å². The van der Waals surface area contributed by atoms with Crippen LogP contribution in [-0.2, 0) is 11.3 Å². The molecule has 0 aliphatic rings. The summed E-state index contributed by atoms with van der Waals surface area (Å²) in [6.45, 7) is 4.89. The first-order valence-corrected chi connectivity index (χ1v) is 6.83. The lowest BCUT2D eigenvalue weighted by atomic mass is 10.0. The molecular formula is C16H16N2O3. The van der Waals surface area contributed by atoms with Crippen molar-refractivity contribution < 1.29 is 14.6 Å². The predicted molar refractivity (Wildman–Crippen MR) is 80.6 cm³/mol. The molecular weight excluding hydrogens is 268 g/mol. The molecule has 108 valence electrons. The van der Waals surface area contributed by atoms with E-state index in [2.05, 4.69) is 9.97 Å². The van der Waals surface area contributed by atoms with E-state index in [0.29, 0.717) is 18.8 Å². The number of aromatic nitrogens is 2. The number of rotatable bonds is 4. The number of nitrogens with zero attached hydrogens (tertiary/aromatic N) is 1. The molecule has 0 spiro atoms. The second-order valence-corrected chi connectivity index (χ2v) is 4.93. The minimum atomic E-state index is -1.01. The molecule has 2 N–H and O–H groups in total. The van der Waals surface area contributed by atoms with E-state index in [1.807, 2.05) is 25.1 Å². The highest BCUT2D eigenvalue weighted by atomic mass is 16.5. The van der Waals surface area contributed by atoms with Crippen molar-refractivity contribution in [3.05, 3.63) is 41.2 Å². The van der Waals surface area contributed by atoms with Gasteiger partial charge < -0.3 is 14.8 Å². The van der Waals surface area contributed by atoms with Gasteiger partial charge in [-0.05, 0) is 31.0 Å². The summed E-state index contributed by atoms with van der Waals surface area (Å²) in [5.41, 5.74) is 3.63. The molecule has 5 nitrogen and oxygen atoms in total. The first-order chi connectivity index (χ1) is 10.1. The van der Waals surface area contributed by atoms with Gasteiger partial charge in [0.2, 0.25) is 0 Å². The van der Waals surface area contributed by atoms with Crippen LogP contribution >= 0.6 is 0 Å². The van der Waals surface area contributed by atoms with Crippen LogP contribution in [-0.4, -0.2) is 27.7 Å². The molecule has 21 heavy (non-hydrogen) atoms. The first kappa shape index (κ1) is 13.6. The highest BCUT2D eigenvalue weighted by Gasteiger charge is 2.17. The Morgan fingerprint density at radius 2 is 2.14 bits per heavy atom. The average Bonchev–Trinajstić information content (AvgIpc) is 2.84. The molecule has 3 rings (SSSR count). The number of aromatic amines is 1. The Morgan fingerprint density at radius 3 is 2.86 bits per heavy atom. The van der Waals surface area contributed by atoms with Crippen molar-refractivity contribution in [3.8, 4) is 0 Å². The normalized spacial score (nSPS) is 11.3.